The van der Waals surface area contributed by atoms with Crippen molar-refractivity contribution >= 4 is 22.8 Å². The van der Waals surface area contributed by atoms with Crippen LogP contribution in [0.25, 0.3) is 11.0 Å². The molecule has 2 aromatic carbocycles. The average Bonchev–Trinajstić information content (AvgIpc) is 3.03. The van der Waals surface area contributed by atoms with E-state index < -0.39 is 5.91 Å². The fourth-order valence-corrected chi connectivity index (χ4v) is 2.96. The van der Waals surface area contributed by atoms with Crippen LogP contribution in [0.15, 0.2) is 52.9 Å². The van der Waals surface area contributed by atoms with Crippen LogP contribution in [0.4, 0.5) is 0 Å². The first kappa shape index (κ1) is 19.4. The highest BCUT2D eigenvalue weighted by atomic mass is 16.5. The lowest BCUT2D eigenvalue weighted by molar-refractivity contribution is 0.0916. The van der Waals surface area contributed by atoms with Crippen LogP contribution in [-0.2, 0) is 6.54 Å². The molecule has 2 amide bonds. The van der Waals surface area contributed by atoms with Crippen molar-refractivity contribution in [2.24, 2.45) is 5.73 Å². The highest BCUT2D eigenvalue weighted by Gasteiger charge is 2.20. The average molecular weight is 381 g/mol. The SMILES string of the molecule is CN(C)Cc1c(C(=O)NCCOc2ccccc2C(N)=O)oc2ccccc12. The van der Waals surface area contributed by atoms with Gasteiger partial charge in [-0.3, -0.25) is 9.59 Å². The molecule has 0 unspecified atom stereocenters. The molecule has 3 N–H and O–H groups in total. The third kappa shape index (κ3) is 4.32. The molecule has 0 fully saturated rings. The van der Waals surface area contributed by atoms with Gasteiger partial charge in [0.1, 0.15) is 17.9 Å². The second-order valence-electron chi connectivity index (χ2n) is 6.61. The molecule has 146 valence electrons. The van der Waals surface area contributed by atoms with Gasteiger partial charge in [-0.25, -0.2) is 0 Å². The van der Waals surface area contributed by atoms with Gasteiger partial charge < -0.3 is 25.1 Å². The predicted octanol–water partition coefficient (Wildman–Crippen LogP) is 2.40. The quantitative estimate of drug-likeness (QED) is 0.584. The largest absolute Gasteiger partial charge is 0.491 e. The Labute approximate surface area is 163 Å². The van der Waals surface area contributed by atoms with Crippen molar-refractivity contribution in [3.05, 3.63) is 65.4 Å². The number of nitrogens with two attached hydrogens (primary N) is 1. The number of para-hydroxylation sites is 2. The Bertz CT molecular complexity index is 994. The number of amides is 2. The van der Waals surface area contributed by atoms with Crippen LogP contribution in [0.3, 0.4) is 0 Å². The topological polar surface area (TPSA) is 97.8 Å². The first-order valence-corrected chi connectivity index (χ1v) is 8.92. The van der Waals surface area contributed by atoms with E-state index in [9.17, 15) is 9.59 Å². The van der Waals surface area contributed by atoms with Crippen molar-refractivity contribution < 1.29 is 18.7 Å². The van der Waals surface area contributed by atoms with Gasteiger partial charge in [0.2, 0.25) is 0 Å². The summed E-state index contributed by atoms with van der Waals surface area (Å²) in [7, 11) is 3.88. The molecule has 7 nitrogen and oxygen atoms in total. The van der Waals surface area contributed by atoms with E-state index in [1.54, 1.807) is 24.3 Å². The second kappa shape index (κ2) is 8.58. The number of hydrogen-bond donors (Lipinski definition) is 2. The molecule has 0 saturated carbocycles. The Morgan fingerprint density at radius 2 is 1.82 bits per heavy atom. The molecule has 1 aromatic heterocycles. The lowest BCUT2D eigenvalue weighted by atomic mass is 10.1. The van der Waals surface area contributed by atoms with Gasteiger partial charge in [-0.1, -0.05) is 30.3 Å². The Morgan fingerprint density at radius 1 is 1.11 bits per heavy atom. The minimum atomic E-state index is -0.560. The van der Waals surface area contributed by atoms with Gasteiger partial charge in [-0.05, 0) is 32.3 Å². The summed E-state index contributed by atoms with van der Waals surface area (Å²) >= 11 is 0. The Morgan fingerprint density at radius 3 is 2.57 bits per heavy atom. The molecule has 0 aliphatic rings. The number of ether oxygens (including phenoxy) is 1. The van der Waals surface area contributed by atoms with Crippen molar-refractivity contribution in [3.63, 3.8) is 0 Å². The first-order valence-electron chi connectivity index (χ1n) is 8.92. The number of carbonyl (C=O) groups is 2. The number of nitrogens with one attached hydrogen (secondary N) is 1. The van der Waals surface area contributed by atoms with E-state index in [4.69, 9.17) is 14.9 Å². The highest BCUT2D eigenvalue weighted by molar-refractivity contribution is 5.99. The minimum Gasteiger partial charge on any atom is -0.491 e. The van der Waals surface area contributed by atoms with Crippen LogP contribution < -0.4 is 15.8 Å². The molecular weight excluding hydrogens is 358 g/mol. The summed E-state index contributed by atoms with van der Waals surface area (Å²) in [5, 5.41) is 3.72. The molecule has 28 heavy (non-hydrogen) atoms. The van der Waals surface area contributed by atoms with E-state index in [1.807, 2.05) is 43.3 Å². The van der Waals surface area contributed by atoms with Crippen molar-refractivity contribution in [3.8, 4) is 5.75 Å². The zero-order valence-electron chi connectivity index (χ0n) is 15.9. The summed E-state index contributed by atoms with van der Waals surface area (Å²) in [6, 6.07) is 14.3. The number of benzene rings is 2. The van der Waals surface area contributed by atoms with Crippen molar-refractivity contribution in [1.29, 1.82) is 0 Å². The molecular formula is C21H23N3O4. The van der Waals surface area contributed by atoms with Gasteiger partial charge >= 0.3 is 0 Å². The molecule has 3 aromatic rings. The van der Waals surface area contributed by atoms with Crippen LogP contribution in [0, 0.1) is 0 Å². The maximum atomic E-state index is 12.7. The molecule has 1 heterocycles. The molecule has 0 aliphatic carbocycles. The smallest absolute Gasteiger partial charge is 0.287 e. The molecule has 0 atom stereocenters. The van der Waals surface area contributed by atoms with E-state index in [0.717, 1.165) is 10.9 Å². The van der Waals surface area contributed by atoms with Crippen molar-refractivity contribution in [2.75, 3.05) is 27.2 Å². The molecule has 0 radical (unpaired) electrons. The maximum absolute atomic E-state index is 12.7. The Hall–Kier alpha value is -3.32. The van der Waals surface area contributed by atoms with Crippen LogP contribution in [0.1, 0.15) is 26.5 Å². The van der Waals surface area contributed by atoms with Crippen LogP contribution >= 0.6 is 0 Å². The summed E-state index contributed by atoms with van der Waals surface area (Å²) in [4.78, 5) is 26.0. The number of furan rings is 1. The summed E-state index contributed by atoms with van der Waals surface area (Å²) < 4.78 is 11.4. The number of hydrogen-bond acceptors (Lipinski definition) is 5. The van der Waals surface area contributed by atoms with E-state index in [-0.39, 0.29) is 19.1 Å². The van der Waals surface area contributed by atoms with Crippen molar-refractivity contribution in [2.45, 2.75) is 6.54 Å². The van der Waals surface area contributed by atoms with Crippen LogP contribution in [0.2, 0.25) is 0 Å². The molecule has 0 bridgehead atoms. The molecule has 3 rings (SSSR count). The lowest BCUT2D eigenvalue weighted by Gasteiger charge is -2.11. The highest BCUT2D eigenvalue weighted by Crippen LogP contribution is 2.26. The molecule has 7 heteroatoms. The van der Waals surface area contributed by atoms with Crippen LogP contribution in [0.5, 0.6) is 5.75 Å². The summed E-state index contributed by atoms with van der Waals surface area (Å²) in [6.07, 6.45) is 0. The van der Waals surface area contributed by atoms with E-state index in [1.165, 1.54) is 0 Å². The number of nitrogens with zero attached hydrogens (tertiary/aromatic N) is 1. The minimum absolute atomic E-state index is 0.194. The molecule has 0 saturated heterocycles. The summed E-state index contributed by atoms with van der Waals surface area (Å²) in [5.74, 6) is -0.177. The molecule has 0 spiro atoms. The zero-order valence-corrected chi connectivity index (χ0v) is 15.9. The number of rotatable bonds is 8. The van der Waals surface area contributed by atoms with Crippen LogP contribution in [-0.4, -0.2) is 44.0 Å². The fraction of sp³-hybridized carbons (Fsp3) is 0.238. The van der Waals surface area contributed by atoms with Gasteiger partial charge in [0.05, 0.1) is 12.1 Å². The van der Waals surface area contributed by atoms with Gasteiger partial charge in [-0.2, -0.15) is 0 Å². The standard InChI is InChI=1S/C21H23N3O4/c1-24(2)13-16-14-7-3-6-10-18(14)28-19(16)21(26)23-11-12-27-17-9-5-4-8-15(17)20(22)25/h3-10H,11-13H2,1-2H3,(H2,22,25)(H,23,26). The first-order chi connectivity index (χ1) is 13.5. The number of carbonyl (C=O) groups excluding carboxylic acids is 2. The second-order valence-corrected chi connectivity index (χ2v) is 6.61. The summed E-state index contributed by atoms with van der Waals surface area (Å²) in [6.45, 7) is 1.03. The number of fused-ring (bicyclic) bond motifs is 1. The van der Waals surface area contributed by atoms with Gasteiger partial charge in [0, 0.05) is 17.5 Å². The van der Waals surface area contributed by atoms with E-state index in [0.29, 0.717) is 29.2 Å². The zero-order chi connectivity index (χ0) is 20.1. The van der Waals surface area contributed by atoms with Gasteiger partial charge in [0.25, 0.3) is 11.8 Å². The lowest BCUT2D eigenvalue weighted by Crippen LogP contribution is -2.29. The van der Waals surface area contributed by atoms with E-state index in [2.05, 4.69) is 5.32 Å². The molecule has 0 aliphatic heterocycles. The maximum Gasteiger partial charge on any atom is 0.287 e. The normalized spacial score (nSPS) is 11.0. The monoisotopic (exact) mass is 381 g/mol. The van der Waals surface area contributed by atoms with Crippen molar-refractivity contribution in [1.82, 2.24) is 10.2 Å². The van der Waals surface area contributed by atoms with E-state index >= 15 is 0 Å². The van der Waals surface area contributed by atoms with Gasteiger partial charge in [0.15, 0.2) is 5.76 Å². The number of primary amides is 1. The Kier molecular flexibility index (Phi) is 5.96. The predicted molar refractivity (Wildman–Crippen MR) is 106 cm³/mol. The third-order valence-electron chi connectivity index (χ3n) is 4.18. The fourth-order valence-electron chi connectivity index (χ4n) is 2.96. The third-order valence-corrected chi connectivity index (χ3v) is 4.18. The van der Waals surface area contributed by atoms with Gasteiger partial charge in [-0.15, -0.1) is 0 Å². The summed E-state index contributed by atoms with van der Waals surface area (Å²) in [5.41, 5.74) is 7.16. The Balaban J connectivity index is 1.66.